The summed E-state index contributed by atoms with van der Waals surface area (Å²) >= 11 is 0. The van der Waals surface area contributed by atoms with E-state index in [-0.39, 0.29) is 5.75 Å². The number of benzene rings is 2. The zero-order chi connectivity index (χ0) is 18.1. The minimum atomic E-state index is 0.235. The van der Waals surface area contributed by atoms with Gasteiger partial charge in [0, 0.05) is 28.9 Å². The number of hydrogen-bond acceptors (Lipinski definition) is 5. The third-order valence-corrected chi connectivity index (χ3v) is 4.98. The van der Waals surface area contributed by atoms with Crippen LogP contribution >= 0.6 is 0 Å². The molecule has 1 aliphatic rings. The van der Waals surface area contributed by atoms with Crippen molar-refractivity contribution in [2.45, 2.75) is 32.7 Å². The number of aromatic nitrogens is 2. The van der Waals surface area contributed by atoms with Crippen molar-refractivity contribution in [1.29, 1.82) is 0 Å². The molecule has 2 aromatic carbocycles. The van der Waals surface area contributed by atoms with Crippen LogP contribution < -0.4 is 10.6 Å². The maximum absolute atomic E-state index is 10.4. The zero-order valence-electron chi connectivity index (χ0n) is 15.2. The van der Waals surface area contributed by atoms with Gasteiger partial charge in [0.1, 0.15) is 11.4 Å². The normalized spacial score (nSPS) is 17.4. The van der Waals surface area contributed by atoms with Gasteiger partial charge in [-0.25, -0.2) is 0 Å². The second-order valence-corrected chi connectivity index (χ2v) is 7.15. The minimum absolute atomic E-state index is 0.235. The predicted octanol–water partition coefficient (Wildman–Crippen LogP) is 3.78. The van der Waals surface area contributed by atoms with Crippen LogP contribution in [0.4, 0.5) is 5.82 Å². The zero-order valence-corrected chi connectivity index (χ0v) is 15.2. The van der Waals surface area contributed by atoms with Gasteiger partial charge < -0.3 is 15.7 Å². The molecule has 3 aromatic rings. The highest BCUT2D eigenvalue weighted by atomic mass is 16.3. The Hall–Kier alpha value is -2.66. The number of fused-ring (bicyclic) bond motifs is 1. The van der Waals surface area contributed by atoms with Crippen LogP contribution in [0.5, 0.6) is 5.75 Å². The van der Waals surface area contributed by atoms with E-state index >= 15 is 0 Å². The molecule has 5 nitrogen and oxygen atoms in total. The number of nitrogens with one attached hydrogen (secondary N) is 2. The number of anilines is 1. The molecule has 134 valence electrons. The minimum Gasteiger partial charge on any atom is -0.507 e. The lowest BCUT2D eigenvalue weighted by molar-refractivity contribution is 0.476. The Morgan fingerprint density at radius 1 is 1.04 bits per heavy atom. The molecule has 1 fully saturated rings. The van der Waals surface area contributed by atoms with Gasteiger partial charge in [0.2, 0.25) is 0 Å². The average molecular weight is 348 g/mol. The first kappa shape index (κ1) is 16.8. The van der Waals surface area contributed by atoms with E-state index < -0.39 is 0 Å². The molecule has 1 saturated heterocycles. The van der Waals surface area contributed by atoms with Gasteiger partial charge in [0.05, 0.1) is 0 Å². The number of aromatic hydroxyl groups is 1. The SMILES string of the molecule is Cc1ccc(-c2nnc(N[C@@H]3CCCNC3)c3cc(C)ccc23)c(O)c1. The lowest BCUT2D eigenvalue weighted by Gasteiger charge is -2.25. The molecule has 0 amide bonds. The van der Waals surface area contributed by atoms with Crippen LogP contribution in [0.25, 0.3) is 22.0 Å². The number of hydrogen-bond donors (Lipinski definition) is 3. The van der Waals surface area contributed by atoms with Crippen molar-refractivity contribution < 1.29 is 5.11 Å². The standard InChI is InChI=1S/C21H24N4O/c1-13-5-7-16-18(10-13)21(23-15-4-3-9-22-12-15)25-24-20(16)17-8-6-14(2)11-19(17)26/h5-8,10-11,15,22,26H,3-4,9,12H2,1-2H3,(H,23,25)/t15-/m1/s1. The summed E-state index contributed by atoms with van der Waals surface area (Å²) in [6.45, 7) is 6.06. The molecule has 26 heavy (non-hydrogen) atoms. The van der Waals surface area contributed by atoms with E-state index in [0.717, 1.165) is 48.1 Å². The van der Waals surface area contributed by atoms with Gasteiger partial charge in [0.25, 0.3) is 0 Å². The lowest BCUT2D eigenvalue weighted by Crippen LogP contribution is -2.38. The quantitative estimate of drug-likeness (QED) is 0.672. The van der Waals surface area contributed by atoms with Crippen LogP contribution in [-0.4, -0.2) is 34.4 Å². The van der Waals surface area contributed by atoms with Gasteiger partial charge in [-0.3, -0.25) is 0 Å². The molecule has 1 aromatic heterocycles. The van der Waals surface area contributed by atoms with E-state index in [9.17, 15) is 5.11 Å². The molecule has 0 bridgehead atoms. The van der Waals surface area contributed by atoms with Crippen molar-refractivity contribution in [3.05, 3.63) is 47.5 Å². The first-order chi connectivity index (χ1) is 12.6. The summed E-state index contributed by atoms with van der Waals surface area (Å²) in [7, 11) is 0. The number of piperidine rings is 1. The molecule has 1 atom stereocenters. The second kappa shape index (κ2) is 6.92. The molecule has 0 unspecified atom stereocenters. The van der Waals surface area contributed by atoms with Crippen LogP contribution in [0, 0.1) is 13.8 Å². The fourth-order valence-electron chi connectivity index (χ4n) is 3.58. The monoisotopic (exact) mass is 348 g/mol. The molecule has 1 aliphatic heterocycles. The molecular formula is C21H24N4O. The summed E-state index contributed by atoms with van der Waals surface area (Å²) in [5.74, 6) is 1.05. The van der Waals surface area contributed by atoms with Crippen molar-refractivity contribution in [2.24, 2.45) is 0 Å². The molecule has 2 heterocycles. The van der Waals surface area contributed by atoms with Crippen LogP contribution in [0.2, 0.25) is 0 Å². The predicted molar refractivity (Wildman–Crippen MR) is 106 cm³/mol. The summed E-state index contributed by atoms with van der Waals surface area (Å²) in [5, 5.41) is 28.4. The Labute approximate surface area is 153 Å². The Bertz CT molecular complexity index is 948. The molecular weight excluding hydrogens is 324 g/mol. The average Bonchev–Trinajstić information content (AvgIpc) is 2.63. The summed E-state index contributed by atoms with van der Waals surface area (Å²) in [6, 6.07) is 12.3. The Morgan fingerprint density at radius 2 is 1.85 bits per heavy atom. The maximum Gasteiger partial charge on any atom is 0.156 e. The van der Waals surface area contributed by atoms with Gasteiger partial charge in [0.15, 0.2) is 5.82 Å². The third-order valence-electron chi connectivity index (χ3n) is 4.98. The van der Waals surface area contributed by atoms with Gasteiger partial charge in [-0.15, -0.1) is 10.2 Å². The summed E-state index contributed by atoms with van der Waals surface area (Å²) in [5.41, 5.74) is 3.62. The Balaban J connectivity index is 1.82. The highest BCUT2D eigenvalue weighted by molar-refractivity contribution is 6.01. The highest BCUT2D eigenvalue weighted by Gasteiger charge is 2.18. The fraction of sp³-hybridized carbons (Fsp3) is 0.333. The van der Waals surface area contributed by atoms with Gasteiger partial charge in [-0.1, -0.05) is 23.8 Å². The summed E-state index contributed by atoms with van der Waals surface area (Å²) in [6.07, 6.45) is 2.29. The Morgan fingerprint density at radius 3 is 2.62 bits per heavy atom. The summed E-state index contributed by atoms with van der Waals surface area (Å²) < 4.78 is 0. The molecule has 4 rings (SSSR count). The molecule has 0 radical (unpaired) electrons. The third kappa shape index (κ3) is 3.22. The highest BCUT2D eigenvalue weighted by Crippen LogP contribution is 2.35. The van der Waals surface area contributed by atoms with E-state index in [0.29, 0.717) is 17.3 Å². The van der Waals surface area contributed by atoms with Gasteiger partial charge >= 0.3 is 0 Å². The second-order valence-electron chi connectivity index (χ2n) is 7.15. The van der Waals surface area contributed by atoms with Crippen molar-refractivity contribution in [2.75, 3.05) is 18.4 Å². The number of rotatable bonds is 3. The first-order valence-corrected chi connectivity index (χ1v) is 9.16. The van der Waals surface area contributed by atoms with E-state index in [1.54, 1.807) is 6.07 Å². The smallest absolute Gasteiger partial charge is 0.156 e. The fourth-order valence-corrected chi connectivity index (χ4v) is 3.58. The number of aryl methyl sites for hydroxylation is 2. The van der Waals surface area contributed by atoms with E-state index in [1.165, 1.54) is 5.56 Å². The molecule has 0 spiro atoms. The topological polar surface area (TPSA) is 70.1 Å². The molecule has 3 N–H and O–H groups in total. The number of phenols is 1. The van der Waals surface area contributed by atoms with Crippen LogP contribution in [0.3, 0.4) is 0 Å². The molecule has 5 heteroatoms. The van der Waals surface area contributed by atoms with Gasteiger partial charge in [-0.2, -0.15) is 0 Å². The van der Waals surface area contributed by atoms with E-state index in [1.807, 2.05) is 19.1 Å². The van der Waals surface area contributed by atoms with E-state index in [2.05, 4.69) is 46.0 Å². The number of phenolic OH excluding ortho intramolecular Hbond substituents is 1. The van der Waals surface area contributed by atoms with Crippen LogP contribution in [0.1, 0.15) is 24.0 Å². The molecule has 0 saturated carbocycles. The van der Waals surface area contributed by atoms with Gasteiger partial charge in [-0.05, 0) is 57.0 Å². The first-order valence-electron chi connectivity index (χ1n) is 9.16. The number of nitrogens with zero attached hydrogens (tertiary/aromatic N) is 2. The Kier molecular flexibility index (Phi) is 4.47. The van der Waals surface area contributed by atoms with Crippen LogP contribution in [0.15, 0.2) is 36.4 Å². The lowest BCUT2D eigenvalue weighted by atomic mass is 10.0. The van der Waals surface area contributed by atoms with Crippen molar-refractivity contribution in [3.63, 3.8) is 0 Å². The largest absolute Gasteiger partial charge is 0.507 e. The van der Waals surface area contributed by atoms with Crippen molar-refractivity contribution >= 4 is 16.6 Å². The summed E-state index contributed by atoms with van der Waals surface area (Å²) in [4.78, 5) is 0. The van der Waals surface area contributed by atoms with E-state index in [4.69, 9.17) is 0 Å². The van der Waals surface area contributed by atoms with Crippen LogP contribution in [-0.2, 0) is 0 Å². The van der Waals surface area contributed by atoms with Crippen molar-refractivity contribution in [3.8, 4) is 17.0 Å². The maximum atomic E-state index is 10.4. The van der Waals surface area contributed by atoms with Crippen molar-refractivity contribution in [1.82, 2.24) is 15.5 Å². The molecule has 0 aliphatic carbocycles.